The fraction of sp³-hybridized carbons (Fsp3) is 0.208. The van der Waals surface area contributed by atoms with Crippen LogP contribution in [0, 0.1) is 26.7 Å². The maximum atomic E-state index is 2.73. The minimum absolute atomic E-state index is 0.213. The lowest BCUT2D eigenvalue weighted by Gasteiger charge is -2.52. The first-order valence-corrected chi connectivity index (χ1v) is 18.0. The maximum Gasteiger partial charge on any atom is 0.0678 e. The van der Waals surface area contributed by atoms with Crippen LogP contribution in [0.3, 0.4) is 0 Å². The van der Waals surface area contributed by atoms with Crippen LogP contribution in [0.25, 0.3) is 21.9 Å². The molecule has 2 heteroatoms. The fourth-order valence-corrected chi connectivity index (χ4v) is 8.50. The topological polar surface area (TPSA) is 6.48 Å². The van der Waals surface area contributed by atoms with Crippen LogP contribution in [0.2, 0.25) is 0 Å². The number of benzene rings is 6. The van der Waals surface area contributed by atoms with Gasteiger partial charge in [0.15, 0.2) is 0 Å². The molecule has 3 atom stereocenters. The third kappa shape index (κ3) is 5.44. The van der Waals surface area contributed by atoms with E-state index in [0.717, 1.165) is 17.8 Å². The Morgan fingerprint density at radius 2 is 1.14 bits per heavy atom. The number of anilines is 4. The van der Waals surface area contributed by atoms with Gasteiger partial charge in [-0.3, -0.25) is 0 Å². The Balaban J connectivity index is 1.38. The number of fused-ring (bicyclic) bond motifs is 5. The van der Waals surface area contributed by atoms with Gasteiger partial charge in [0.1, 0.15) is 0 Å². The van der Waals surface area contributed by atoms with Crippen molar-refractivity contribution in [1.82, 2.24) is 0 Å². The second-order valence-corrected chi connectivity index (χ2v) is 14.8. The van der Waals surface area contributed by atoms with Crippen molar-refractivity contribution in [3.8, 4) is 11.1 Å². The zero-order chi connectivity index (χ0) is 34.6. The molecule has 0 saturated heterocycles. The van der Waals surface area contributed by atoms with E-state index in [1.807, 2.05) is 0 Å². The Kier molecular flexibility index (Phi) is 7.99. The van der Waals surface area contributed by atoms with Gasteiger partial charge in [-0.2, -0.15) is 0 Å². The molecule has 0 bridgehead atoms. The molecule has 0 amide bonds. The first kappa shape index (κ1) is 31.9. The second-order valence-electron chi connectivity index (χ2n) is 14.8. The molecule has 0 heterocycles. The Morgan fingerprint density at radius 1 is 0.600 bits per heavy atom. The quantitative estimate of drug-likeness (QED) is 0.177. The highest BCUT2D eigenvalue weighted by Gasteiger charge is 2.44. The average Bonchev–Trinajstić information content (AvgIpc) is 3.12. The third-order valence-corrected chi connectivity index (χ3v) is 11.0. The first-order chi connectivity index (χ1) is 24.2. The lowest BCUT2D eigenvalue weighted by molar-refractivity contribution is 0.377. The highest BCUT2D eigenvalue weighted by Crippen LogP contribution is 2.52. The second kappa shape index (κ2) is 12.5. The van der Waals surface area contributed by atoms with E-state index in [1.54, 1.807) is 0 Å². The molecule has 3 unspecified atom stereocenters. The van der Waals surface area contributed by atoms with Gasteiger partial charge in [-0.15, -0.1) is 0 Å². The summed E-state index contributed by atoms with van der Waals surface area (Å²) in [7, 11) is 0. The summed E-state index contributed by atoms with van der Waals surface area (Å²) < 4.78 is 0. The molecule has 50 heavy (non-hydrogen) atoms. The minimum Gasteiger partial charge on any atom is -0.355 e. The summed E-state index contributed by atoms with van der Waals surface area (Å²) in [6.07, 6.45) is 8.07. The van der Waals surface area contributed by atoms with E-state index in [4.69, 9.17) is 0 Å². The van der Waals surface area contributed by atoms with E-state index in [9.17, 15) is 0 Å². The molecule has 2 nitrogen and oxygen atoms in total. The molecule has 2 aliphatic carbocycles. The van der Waals surface area contributed by atoms with Gasteiger partial charge in [0.05, 0.1) is 17.3 Å². The maximum absolute atomic E-state index is 2.73. The molecule has 0 fully saturated rings. The Labute approximate surface area is 298 Å². The number of aryl methyl sites for hydroxylation is 3. The zero-order valence-corrected chi connectivity index (χ0v) is 30.1. The summed E-state index contributed by atoms with van der Waals surface area (Å²) in [5.41, 5.74) is 15.0. The van der Waals surface area contributed by atoms with Crippen LogP contribution >= 0.6 is 0 Å². The molecule has 0 aliphatic heterocycles. The van der Waals surface area contributed by atoms with Crippen molar-refractivity contribution in [2.45, 2.75) is 59.5 Å². The van der Waals surface area contributed by atoms with E-state index < -0.39 is 0 Å². The van der Waals surface area contributed by atoms with Crippen LogP contribution in [0.1, 0.15) is 48.6 Å². The van der Waals surface area contributed by atoms with Crippen LogP contribution in [0.5, 0.6) is 0 Å². The van der Waals surface area contributed by atoms with Crippen LogP contribution in [0.15, 0.2) is 151 Å². The van der Waals surface area contributed by atoms with Crippen LogP contribution in [0.4, 0.5) is 22.7 Å². The number of rotatable bonds is 6. The van der Waals surface area contributed by atoms with Gasteiger partial charge in [-0.05, 0) is 111 Å². The highest BCUT2D eigenvalue weighted by atomic mass is 15.2. The summed E-state index contributed by atoms with van der Waals surface area (Å²) in [6.45, 7) is 13.6. The average molecular weight is 651 g/mol. The predicted octanol–water partition coefficient (Wildman–Crippen LogP) is 12.7. The van der Waals surface area contributed by atoms with Gasteiger partial charge in [-0.25, -0.2) is 0 Å². The van der Waals surface area contributed by atoms with Crippen LogP contribution in [-0.4, -0.2) is 6.04 Å². The third-order valence-electron chi connectivity index (χ3n) is 11.0. The van der Waals surface area contributed by atoms with Crippen molar-refractivity contribution in [2.75, 3.05) is 9.80 Å². The molecule has 0 aromatic heterocycles. The molecule has 6 aromatic rings. The molecule has 248 valence electrons. The number of allylic oxidation sites excluding steroid dienone is 2. The molecule has 0 saturated carbocycles. The van der Waals surface area contributed by atoms with E-state index in [1.165, 1.54) is 66.7 Å². The standard InChI is InChI=1S/C48H46N2/c1-32-15-22-37(23-16-32)49(38-24-17-33(2)18-25-38)47-30-43-41-12-9-10-14-45(41)48(6,31-44(43)40-11-7-8-13-42(40)47)50(39-26-19-34(3)20-27-39)46-28-21-35(4)29-36(46)5/h7-30,36,46H,31H2,1-6H3. The SMILES string of the molecule is CC1=CC(C)C(N(c2ccc(C)cc2)C2(C)Cc3c(cc(N(c4ccc(C)cc4)c4ccc(C)cc4)c4ccccc34)-c3ccccc32)C=C1. The van der Waals surface area contributed by atoms with E-state index in [2.05, 4.69) is 197 Å². The highest BCUT2D eigenvalue weighted by molar-refractivity contribution is 6.05. The molecular weight excluding hydrogens is 605 g/mol. The zero-order valence-electron chi connectivity index (χ0n) is 30.1. The van der Waals surface area contributed by atoms with E-state index >= 15 is 0 Å². The lowest BCUT2D eigenvalue weighted by Crippen LogP contribution is -2.54. The molecule has 0 radical (unpaired) electrons. The van der Waals surface area contributed by atoms with Gasteiger partial charge in [0.2, 0.25) is 0 Å². The molecule has 6 aromatic carbocycles. The Bertz CT molecular complexity index is 2210. The summed E-state index contributed by atoms with van der Waals surface area (Å²) in [5, 5.41) is 2.58. The van der Waals surface area contributed by atoms with Gasteiger partial charge in [0.25, 0.3) is 0 Å². The summed E-state index contributed by atoms with van der Waals surface area (Å²) in [6, 6.07) is 48.0. The normalized spacial score (nSPS) is 19.4. The van der Waals surface area contributed by atoms with E-state index in [0.29, 0.717) is 5.92 Å². The Morgan fingerprint density at radius 3 is 1.74 bits per heavy atom. The molecule has 2 aliphatic rings. The van der Waals surface area contributed by atoms with Gasteiger partial charge in [0, 0.05) is 28.9 Å². The Hall–Kier alpha value is -5.34. The first-order valence-electron chi connectivity index (χ1n) is 18.0. The lowest BCUT2D eigenvalue weighted by atomic mass is 9.70. The molecule has 8 rings (SSSR count). The fourth-order valence-electron chi connectivity index (χ4n) is 8.50. The van der Waals surface area contributed by atoms with Crippen molar-refractivity contribution in [2.24, 2.45) is 5.92 Å². The summed E-state index contributed by atoms with van der Waals surface area (Å²) in [5.74, 6) is 0.364. The van der Waals surface area contributed by atoms with Crippen molar-refractivity contribution >= 4 is 33.5 Å². The largest absolute Gasteiger partial charge is 0.355 e. The van der Waals surface area contributed by atoms with E-state index in [-0.39, 0.29) is 11.6 Å². The van der Waals surface area contributed by atoms with Crippen molar-refractivity contribution in [3.63, 3.8) is 0 Å². The number of hydrogen-bond donors (Lipinski definition) is 0. The van der Waals surface area contributed by atoms with Crippen molar-refractivity contribution < 1.29 is 0 Å². The van der Waals surface area contributed by atoms with Gasteiger partial charge in [-0.1, -0.05) is 132 Å². The summed E-state index contributed by atoms with van der Waals surface area (Å²) >= 11 is 0. The van der Waals surface area contributed by atoms with Crippen molar-refractivity contribution in [1.29, 1.82) is 0 Å². The summed E-state index contributed by atoms with van der Waals surface area (Å²) in [4.78, 5) is 5.17. The van der Waals surface area contributed by atoms with Crippen LogP contribution in [-0.2, 0) is 12.0 Å². The molecular formula is C48H46N2. The van der Waals surface area contributed by atoms with Crippen molar-refractivity contribution in [3.05, 3.63) is 179 Å². The minimum atomic E-state index is -0.306. The molecule has 0 N–H and O–H groups in total. The number of hydrogen-bond acceptors (Lipinski definition) is 2. The smallest absolute Gasteiger partial charge is 0.0678 e. The monoisotopic (exact) mass is 650 g/mol. The molecule has 0 spiro atoms. The number of nitrogens with zero attached hydrogens (tertiary/aromatic N) is 2. The predicted molar refractivity (Wildman–Crippen MR) is 214 cm³/mol. The van der Waals surface area contributed by atoms with Gasteiger partial charge >= 0.3 is 0 Å². The van der Waals surface area contributed by atoms with Gasteiger partial charge < -0.3 is 9.80 Å². The van der Waals surface area contributed by atoms with Crippen LogP contribution < -0.4 is 9.80 Å².